The summed E-state index contributed by atoms with van der Waals surface area (Å²) >= 11 is 0. The van der Waals surface area contributed by atoms with Crippen LogP contribution in [0.25, 0.3) is 0 Å². The quantitative estimate of drug-likeness (QED) is 0.427. The molecule has 0 spiro atoms. The summed E-state index contributed by atoms with van der Waals surface area (Å²) in [5.74, 6) is 10.0. The van der Waals surface area contributed by atoms with Crippen molar-refractivity contribution in [2.24, 2.45) is 17.8 Å². The molecule has 1 atom stereocenters. The van der Waals surface area contributed by atoms with Crippen molar-refractivity contribution in [3.63, 3.8) is 0 Å². The van der Waals surface area contributed by atoms with Crippen LogP contribution in [0.3, 0.4) is 0 Å². The Morgan fingerprint density at radius 3 is 2.09 bits per heavy atom. The standard InChI is InChI=1S/C29H31O4/c1-20(31-2)32-19-33-28-10-9-22(6-3-21-4-7-23(18-30)8-5-21)14-27(28)29-15-24-11-25(16-29)13-26(12-24)17-29/h4-5,7-10,14,20,24-26H,11-13,15-17,19H2,1-2H3. The van der Waals surface area contributed by atoms with Crippen molar-refractivity contribution in [1.82, 2.24) is 0 Å². The molecule has 2 aromatic carbocycles. The fourth-order valence-electron chi connectivity index (χ4n) is 6.62. The van der Waals surface area contributed by atoms with Crippen molar-refractivity contribution in [2.75, 3.05) is 13.9 Å². The van der Waals surface area contributed by atoms with Gasteiger partial charge in [-0.05, 0) is 111 Å². The van der Waals surface area contributed by atoms with E-state index in [0.717, 1.165) is 34.6 Å². The highest BCUT2D eigenvalue weighted by Crippen LogP contribution is 2.61. The van der Waals surface area contributed by atoms with Crippen molar-refractivity contribution >= 4 is 6.29 Å². The molecule has 0 heterocycles. The van der Waals surface area contributed by atoms with Gasteiger partial charge in [0.05, 0.1) is 0 Å². The summed E-state index contributed by atoms with van der Waals surface area (Å²) in [6.45, 7) is 2.03. The van der Waals surface area contributed by atoms with E-state index in [0.29, 0.717) is 5.56 Å². The van der Waals surface area contributed by atoms with Crippen molar-refractivity contribution in [3.05, 3.63) is 64.7 Å². The van der Waals surface area contributed by atoms with Gasteiger partial charge in [-0.1, -0.05) is 11.8 Å². The molecule has 0 saturated heterocycles. The summed E-state index contributed by atoms with van der Waals surface area (Å²) in [6.07, 6.45) is 9.56. The molecular weight excluding hydrogens is 412 g/mol. The molecule has 4 saturated carbocycles. The Morgan fingerprint density at radius 2 is 1.48 bits per heavy atom. The second-order valence-corrected chi connectivity index (χ2v) is 10.1. The van der Waals surface area contributed by atoms with Crippen molar-refractivity contribution in [2.45, 2.75) is 57.2 Å². The summed E-state index contributed by atoms with van der Waals surface area (Å²) in [5.41, 5.74) is 3.90. The van der Waals surface area contributed by atoms with Crippen LogP contribution in [-0.2, 0) is 19.7 Å². The van der Waals surface area contributed by atoms with E-state index in [9.17, 15) is 4.79 Å². The number of ether oxygens (including phenoxy) is 3. The number of hydrogen-bond donors (Lipinski definition) is 0. The fraction of sp³-hybridized carbons (Fsp3) is 0.483. The van der Waals surface area contributed by atoms with Crippen LogP contribution >= 0.6 is 0 Å². The van der Waals surface area contributed by atoms with E-state index in [1.165, 1.54) is 44.1 Å². The first-order valence-corrected chi connectivity index (χ1v) is 12.0. The van der Waals surface area contributed by atoms with E-state index in [2.05, 4.69) is 24.0 Å². The molecule has 4 fully saturated rings. The maximum Gasteiger partial charge on any atom is 0.233 e. The summed E-state index contributed by atoms with van der Waals surface area (Å²) < 4.78 is 17.0. The van der Waals surface area contributed by atoms with Gasteiger partial charge in [-0.3, -0.25) is 4.79 Å². The Hall–Kier alpha value is -2.61. The lowest BCUT2D eigenvalue weighted by atomic mass is 9.48. The maximum absolute atomic E-state index is 10.8. The Labute approximate surface area is 196 Å². The molecule has 4 aliphatic rings. The van der Waals surface area contributed by atoms with Crippen LogP contribution < -0.4 is 4.74 Å². The third-order valence-corrected chi connectivity index (χ3v) is 7.79. The van der Waals surface area contributed by atoms with Crippen molar-refractivity contribution < 1.29 is 19.0 Å². The van der Waals surface area contributed by atoms with Gasteiger partial charge in [0.25, 0.3) is 0 Å². The van der Waals surface area contributed by atoms with Crippen molar-refractivity contribution in [3.8, 4) is 17.6 Å². The zero-order chi connectivity index (χ0) is 22.8. The molecule has 0 aliphatic heterocycles. The second kappa shape index (κ2) is 9.33. The van der Waals surface area contributed by atoms with Crippen LogP contribution in [0, 0.1) is 29.6 Å². The minimum Gasteiger partial charge on any atom is -0.467 e. The highest BCUT2D eigenvalue weighted by atomic mass is 16.7. The Balaban J connectivity index is 1.45. The van der Waals surface area contributed by atoms with Gasteiger partial charge in [-0.15, -0.1) is 0 Å². The van der Waals surface area contributed by atoms with Crippen LogP contribution in [0.15, 0.2) is 42.5 Å². The lowest BCUT2D eigenvalue weighted by Gasteiger charge is -2.57. The fourth-order valence-corrected chi connectivity index (χ4v) is 6.62. The van der Waals surface area contributed by atoms with Gasteiger partial charge in [0.2, 0.25) is 6.29 Å². The largest absolute Gasteiger partial charge is 0.467 e. The zero-order valence-electron chi connectivity index (χ0n) is 19.4. The lowest BCUT2D eigenvalue weighted by Crippen LogP contribution is -2.48. The number of carbonyl (C=O) groups excluding carboxylic acids is 1. The SMILES string of the molecule is COC(C)OCOc1ccc(C#Cc2ccc([C]=O)cc2)cc1C12CC3CC(CC(C3)C1)C2. The average molecular weight is 444 g/mol. The molecule has 1 radical (unpaired) electrons. The minimum absolute atomic E-state index is 0.166. The van der Waals surface area contributed by atoms with Crippen LogP contribution in [0.1, 0.15) is 67.7 Å². The molecule has 33 heavy (non-hydrogen) atoms. The van der Waals surface area contributed by atoms with E-state index < -0.39 is 0 Å². The van der Waals surface area contributed by atoms with Crippen LogP contribution in [0.5, 0.6) is 5.75 Å². The predicted molar refractivity (Wildman–Crippen MR) is 127 cm³/mol. The molecule has 171 valence electrons. The Bertz CT molecular complexity index is 1020. The van der Waals surface area contributed by atoms with E-state index in [1.54, 1.807) is 19.2 Å². The van der Waals surface area contributed by atoms with E-state index in [-0.39, 0.29) is 18.5 Å². The molecule has 0 N–H and O–H groups in total. The van der Waals surface area contributed by atoms with E-state index in [1.807, 2.05) is 31.4 Å². The summed E-state index contributed by atoms with van der Waals surface area (Å²) in [6, 6.07) is 13.6. The minimum atomic E-state index is -0.304. The third-order valence-electron chi connectivity index (χ3n) is 7.79. The van der Waals surface area contributed by atoms with Gasteiger partial charge < -0.3 is 14.2 Å². The first-order valence-electron chi connectivity index (χ1n) is 12.0. The number of rotatable bonds is 7. The smallest absolute Gasteiger partial charge is 0.233 e. The van der Waals surface area contributed by atoms with Gasteiger partial charge in [-0.25, -0.2) is 0 Å². The first-order chi connectivity index (χ1) is 16.1. The first kappa shape index (κ1) is 22.2. The lowest BCUT2D eigenvalue weighted by molar-refractivity contribution is -0.150. The zero-order valence-corrected chi connectivity index (χ0v) is 19.4. The number of hydrogen-bond acceptors (Lipinski definition) is 4. The van der Waals surface area contributed by atoms with Crippen LogP contribution in [0.2, 0.25) is 0 Å². The van der Waals surface area contributed by atoms with Crippen LogP contribution in [0.4, 0.5) is 0 Å². The molecule has 4 nitrogen and oxygen atoms in total. The number of benzene rings is 2. The highest BCUT2D eigenvalue weighted by Gasteiger charge is 2.52. The molecule has 1 unspecified atom stereocenters. The average Bonchev–Trinajstić information content (AvgIpc) is 2.82. The Morgan fingerprint density at radius 1 is 0.909 bits per heavy atom. The van der Waals surface area contributed by atoms with Crippen LogP contribution in [-0.4, -0.2) is 26.5 Å². The topological polar surface area (TPSA) is 44.8 Å². The summed E-state index contributed by atoms with van der Waals surface area (Å²) in [4.78, 5) is 10.8. The molecule has 4 aliphatic carbocycles. The number of methoxy groups -OCH3 is 1. The molecule has 0 amide bonds. The third kappa shape index (κ3) is 4.71. The Kier molecular flexibility index (Phi) is 6.27. The van der Waals surface area contributed by atoms with Gasteiger partial charge >= 0.3 is 0 Å². The summed E-state index contributed by atoms with van der Waals surface area (Å²) in [5, 5.41) is 0. The second-order valence-electron chi connectivity index (χ2n) is 10.1. The van der Waals surface area contributed by atoms with Crippen molar-refractivity contribution in [1.29, 1.82) is 0 Å². The molecule has 0 aromatic heterocycles. The molecule has 4 heteroatoms. The predicted octanol–water partition coefficient (Wildman–Crippen LogP) is 5.36. The van der Waals surface area contributed by atoms with Gasteiger partial charge in [-0.2, -0.15) is 0 Å². The highest BCUT2D eigenvalue weighted by molar-refractivity contribution is 5.75. The summed E-state index contributed by atoms with van der Waals surface area (Å²) in [7, 11) is 1.63. The van der Waals surface area contributed by atoms with E-state index in [4.69, 9.17) is 14.2 Å². The van der Waals surface area contributed by atoms with E-state index >= 15 is 0 Å². The normalized spacial score (nSPS) is 28.1. The van der Waals surface area contributed by atoms with Gasteiger partial charge in [0, 0.05) is 29.4 Å². The van der Waals surface area contributed by atoms with Gasteiger partial charge in [0.15, 0.2) is 13.1 Å². The molecular formula is C29H31O4. The monoisotopic (exact) mass is 443 g/mol. The van der Waals surface area contributed by atoms with Gasteiger partial charge in [0.1, 0.15) is 5.75 Å². The molecule has 6 rings (SSSR count). The molecule has 4 bridgehead atoms. The maximum atomic E-state index is 10.8. The molecule has 2 aromatic rings.